The number of fused-ring (bicyclic) bond motifs is 1. The Balaban J connectivity index is 1.53. The predicted octanol–water partition coefficient (Wildman–Crippen LogP) is 5.12. The Kier molecular flexibility index (Phi) is 6.01. The third-order valence-corrected chi connectivity index (χ3v) is 6.23. The molecule has 6 nitrogen and oxygen atoms in total. The number of hydrogen-bond acceptors (Lipinski definition) is 5. The van der Waals surface area contributed by atoms with E-state index in [1.165, 1.54) is 11.3 Å². The van der Waals surface area contributed by atoms with Crippen LogP contribution in [0.5, 0.6) is 5.75 Å². The molecule has 30 heavy (non-hydrogen) atoms. The normalized spacial score (nSPS) is 15.2. The molecule has 0 saturated heterocycles. The Bertz CT molecular complexity index is 1080. The molecule has 0 bridgehead atoms. The first kappa shape index (κ1) is 20.4. The zero-order valence-electron chi connectivity index (χ0n) is 16.3. The van der Waals surface area contributed by atoms with Crippen molar-refractivity contribution in [1.82, 2.24) is 4.98 Å². The molecule has 1 aromatic heterocycles. The second-order valence-corrected chi connectivity index (χ2v) is 8.45. The zero-order chi connectivity index (χ0) is 21.1. The maximum absolute atomic E-state index is 13.0. The van der Waals surface area contributed by atoms with Crippen molar-refractivity contribution < 1.29 is 14.3 Å². The molecule has 8 heteroatoms. The van der Waals surface area contributed by atoms with E-state index in [1.807, 2.05) is 18.2 Å². The first-order valence-corrected chi connectivity index (χ1v) is 10.7. The van der Waals surface area contributed by atoms with E-state index in [4.69, 9.17) is 16.3 Å². The SMILES string of the molecule is COc1ccc(Cl)cc1NC(=O)C1CCCc2sc(NC(=O)c3ccccc3)nc21. The number of aromatic nitrogens is 1. The number of amides is 2. The number of rotatable bonds is 5. The topological polar surface area (TPSA) is 80.3 Å². The molecule has 2 N–H and O–H groups in total. The fourth-order valence-corrected chi connectivity index (χ4v) is 4.72. The van der Waals surface area contributed by atoms with Gasteiger partial charge in [-0.05, 0) is 49.6 Å². The summed E-state index contributed by atoms with van der Waals surface area (Å²) in [6.07, 6.45) is 2.42. The van der Waals surface area contributed by atoms with Gasteiger partial charge in [0.1, 0.15) is 5.75 Å². The van der Waals surface area contributed by atoms with Gasteiger partial charge in [0.05, 0.1) is 24.4 Å². The molecule has 0 aliphatic heterocycles. The van der Waals surface area contributed by atoms with Gasteiger partial charge in [0.15, 0.2) is 5.13 Å². The van der Waals surface area contributed by atoms with E-state index in [0.29, 0.717) is 33.6 Å². The number of thiazole rings is 1. The summed E-state index contributed by atoms with van der Waals surface area (Å²) in [5.41, 5.74) is 1.82. The minimum atomic E-state index is -0.393. The number of halogens is 1. The van der Waals surface area contributed by atoms with Gasteiger partial charge in [0, 0.05) is 15.5 Å². The highest BCUT2D eigenvalue weighted by Crippen LogP contribution is 2.38. The van der Waals surface area contributed by atoms with Gasteiger partial charge < -0.3 is 10.1 Å². The molecule has 2 aromatic carbocycles. The van der Waals surface area contributed by atoms with Crippen molar-refractivity contribution in [2.75, 3.05) is 17.7 Å². The van der Waals surface area contributed by atoms with Crippen molar-refractivity contribution in [2.45, 2.75) is 25.2 Å². The van der Waals surface area contributed by atoms with Crippen LogP contribution < -0.4 is 15.4 Å². The van der Waals surface area contributed by atoms with Crippen molar-refractivity contribution in [2.24, 2.45) is 0 Å². The third-order valence-electron chi connectivity index (χ3n) is 4.95. The van der Waals surface area contributed by atoms with Gasteiger partial charge in [-0.1, -0.05) is 29.8 Å². The number of aryl methyl sites for hydroxylation is 1. The standard InChI is InChI=1S/C22H20ClN3O3S/c1-29-17-11-10-14(23)12-16(17)24-21(28)15-8-5-9-18-19(15)25-22(30-18)26-20(27)13-6-3-2-4-7-13/h2-4,6-7,10-12,15H,5,8-9H2,1H3,(H,24,28)(H,25,26,27). The van der Waals surface area contributed by atoms with Crippen LogP contribution in [0.1, 0.15) is 39.7 Å². The summed E-state index contributed by atoms with van der Waals surface area (Å²) in [6.45, 7) is 0. The fourth-order valence-electron chi connectivity index (χ4n) is 3.48. The summed E-state index contributed by atoms with van der Waals surface area (Å²) >= 11 is 7.50. The molecule has 1 aliphatic rings. The number of methoxy groups -OCH3 is 1. The molecule has 1 aliphatic carbocycles. The molecule has 1 atom stereocenters. The average molecular weight is 442 g/mol. The van der Waals surface area contributed by atoms with Gasteiger partial charge in [0.25, 0.3) is 5.91 Å². The van der Waals surface area contributed by atoms with Gasteiger partial charge in [-0.25, -0.2) is 4.98 Å². The lowest BCUT2D eigenvalue weighted by molar-refractivity contribution is -0.118. The maximum atomic E-state index is 13.0. The van der Waals surface area contributed by atoms with Crippen LogP contribution in [0.3, 0.4) is 0 Å². The van der Waals surface area contributed by atoms with Crippen molar-refractivity contribution >= 4 is 45.6 Å². The number of carbonyl (C=O) groups excluding carboxylic acids is 2. The number of hydrogen-bond donors (Lipinski definition) is 2. The van der Waals surface area contributed by atoms with Crippen LogP contribution in [0.15, 0.2) is 48.5 Å². The zero-order valence-corrected chi connectivity index (χ0v) is 17.8. The molecule has 1 heterocycles. The van der Waals surface area contributed by atoms with Crippen molar-refractivity contribution in [1.29, 1.82) is 0 Å². The average Bonchev–Trinajstić information content (AvgIpc) is 3.16. The highest BCUT2D eigenvalue weighted by Gasteiger charge is 2.31. The molecule has 154 valence electrons. The Morgan fingerprint density at radius 2 is 1.97 bits per heavy atom. The monoisotopic (exact) mass is 441 g/mol. The lowest BCUT2D eigenvalue weighted by Crippen LogP contribution is -2.25. The quantitative estimate of drug-likeness (QED) is 0.576. The lowest BCUT2D eigenvalue weighted by Gasteiger charge is -2.21. The van der Waals surface area contributed by atoms with Gasteiger partial charge in [-0.3, -0.25) is 14.9 Å². The fraction of sp³-hybridized carbons (Fsp3) is 0.227. The Morgan fingerprint density at radius 3 is 2.73 bits per heavy atom. The first-order valence-electron chi connectivity index (χ1n) is 9.55. The summed E-state index contributed by atoms with van der Waals surface area (Å²) in [7, 11) is 1.54. The summed E-state index contributed by atoms with van der Waals surface area (Å²) in [5.74, 6) is -0.233. The van der Waals surface area contributed by atoms with Crippen LogP contribution in [0, 0.1) is 0 Å². The van der Waals surface area contributed by atoms with Crippen LogP contribution in [0.25, 0.3) is 0 Å². The van der Waals surface area contributed by atoms with E-state index in [1.54, 1.807) is 37.4 Å². The Labute approximate surface area is 183 Å². The van der Waals surface area contributed by atoms with Crippen LogP contribution in [-0.2, 0) is 11.2 Å². The number of nitrogens with one attached hydrogen (secondary N) is 2. The van der Waals surface area contributed by atoms with Crippen molar-refractivity contribution in [3.05, 3.63) is 69.7 Å². The number of anilines is 2. The lowest BCUT2D eigenvalue weighted by atomic mass is 9.90. The van der Waals surface area contributed by atoms with E-state index in [-0.39, 0.29) is 11.8 Å². The number of nitrogens with zero attached hydrogens (tertiary/aromatic N) is 1. The van der Waals surface area contributed by atoms with Gasteiger partial charge in [-0.2, -0.15) is 0 Å². The van der Waals surface area contributed by atoms with Gasteiger partial charge >= 0.3 is 0 Å². The molecule has 1 unspecified atom stereocenters. The minimum Gasteiger partial charge on any atom is -0.495 e. The van der Waals surface area contributed by atoms with Gasteiger partial charge in [0.2, 0.25) is 5.91 Å². The first-order chi connectivity index (χ1) is 14.5. The molecule has 2 amide bonds. The highest BCUT2D eigenvalue weighted by molar-refractivity contribution is 7.16. The smallest absolute Gasteiger partial charge is 0.257 e. The highest BCUT2D eigenvalue weighted by atomic mass is 35.5. The Morgan fingerprint density at radius 1 is 1.17 bits per heavy atom. The van der Waals surface area contributed by atoms with Crippen molar-refractivity contribution in [3.8, 4) is 5.75 Å². The second-order valence-electron chi connectivity index (χ2n) is 6.93. The van der Waals surface area contributed by atoms with E-state index in [2.05, 4.69) is 15.6 Å². The molecular weight excluding hydrogens is 422 g/mol. The summed E-state index contributed by atoms with van der Waals surface area (Å²) < 4.78 is 5.31. The van der Waals surface area contributed by atoms with Gasteiger partial charge in [-0.15, -0.1) is 11.3 Å². The van der Waals surface area contributed by atoms with Crippen LogP contribution in [-0.4, -0.2) is 23.9 Å². The molecule has 0 radical (unpaired) electrons. The summed E-state index contributed by atoms with van der Waals surface area (Å²) in [6, 6.07) is 14.1. The molecule has 0 fully saturated rings. The maximum Gasteiger partial charge on any atom is 0.257 e. The second kappa shape index (κ2) is 8.85. The molecule has 0 spiro atoms. The van der Waals surface area contributed by atoms with E-state index in [9.17, 15) is 9.59 Å². The van der Waals surface area contributed by atoms with E-state index >= 15 is 0 Å². The predicted molar refractivity (Wildman–Crippen MR) is 119 cm³/mol. The number of ether oxygens (including phenoxy) is 1. The summed E-state index contributed by atoms with van der Waals surface area (Å²) in [4.78, 5) is 31.1. The van der Waals surface area contributed by atoms with Crippen molar-refractivity contribution in [3.63, 3.8) is 0 Å². The Hall–Kier alpha value is -2.90. The number of benzene rings is 2. The molecule has 3 aromatic rings. The third kappa shape index (κ3) is 4.32. The molecule has 0 saturated carbocycles. The van der Waals surface area contributed by atoms with Crippen LogP contribution in [0.4, 0.5) is 10.8 Å². The minimum absolute atomic E-state index is 0.164. The largest absolute Gasteiger partial charge is 0.495 e. The summed E-state index contributed by atoms with van der Waals surface area (Å²) in [5, 5.41) is 6.78. The molecular formula is C22H20ClN3O3S. The van der Waals surface area contributed by atoms with E-state index in [0.717, 1.165) is 23.4 Å². The van der Waals surface area contributed by atoms with E-state index < -0.39 is 5.92 Å². The number of carbonyl (C=O) groups is 2. The van der Waals surface area contributed by atoms with Crippen LogP contribution in [0.2, 0.25) is 5.02 Å². The molecule has 4 rings (SSSR count). The van der Waals surface area contributed by atoms with Crippen LogP contribution >= 0.6 is 22.9 Å².